The summed E-state index contributed by atoms with van der Waals surface area (Å²) < 4.78 is 5.41. The summed E-state index contributed by atoms with van der Waals surface area (Å²) >= 11 is 0. The molecule has 0 spiro atoms. The fraction of sp³-hybridized carbons (Fsp3) is 0.500. The number of rotatable bonds is 7. The van der Waals surface area contributed by atoms with Gasteiger partial charge in [0.2, 0.25) is 5.91 Å². The molecule has 1 amide bonds. The van der Waals surface area contributed by atoms with Crippen molar-refractivity contribution in [2.24, 2.45) is 0 Å². The molecular formula is C12H19N3O2. The number of carbonyl (C=O) groups is 1. The third-order valence-corrected chi connectivity index (χ3v) is 2.13. The smallest absolute Gasteiger partial charge is 0.223 e. The average molecular weight is 237 g/mol. The van der Waals surface area contributed by atoms with Crippen LogP contribution in [0.2, 0.25) is 0 Å². The van der Waals surface area contributed by atoms with Gasteiger partial charge in [-0.1, -0.05) is 0 Å². The van der Waals surface area contributed by atoms with Gasteiger partial charge >= 0.3 is 0 Å². The highest BCUT2D eigenvalue weighted by Gasteiger charge is 2.00. The quantitative estimate of drug-likeness (QED) is 0.733. The van der Waals surface area contributed by atoms with Crippen LogP contribution in [-0.4, -0.2) is 31.1 Å². The lowest BCUT2D eigenvalue weighted by atomic mass is 10.3. The lowest BCUT2D eigenvalue weighted by Crippen LogP contribution is -2.24. The second kappa shape index (κ2) is 7.62. The minimum absolute atomic E-state index is 0.00672. The van der Waals surface area contributed by atoms with Gasteiger partial charge in [0.15, 0.2) is 0 Å². The number of ether oxygens (including phenoxy) is 1. The normalized spacial score (nSPS) is 10.0. The first kappa shape index (κ1) is 13.4. The van der Waals surface area contributed by atoms with Crippen LogP contribution in [0.1, 0.15) is 19.0 Å². The SMILES string of the molecule is CCNC(=O)CCOc1ccc(CNC)nc1. The van der Waals surface area contributed by atoms with Crippen molar-refractivity contribution in [1.82, 2.24) is 15.6 Å². The van der Waals surface area contributed by atoms with Gasteiger partial charge in [0.25, 0.3) is 0 Å². The fourth-order valence-electron chi connectivity index (χ4n) is 1.33. The van der Waals surface area contributed by atoms with E-state index in [1.807, 2.05) is 26.1 Å². The molecule has 1 rings (SSSR count). The summed E-state index contributed by atoms with van der Waals surface area (Å²) in [7, 11) is 1.87. The molecule has 0 aliphatic heterocycles. The van der Waals surface area contributed by atoms with Gasteiger partial charge in [0.05, 0.1) is 24.9 Å². The molecule has 94 valence electrons. The molecule has 0 bridgehead atoms. The van der Waals surface area contributed by atoms with E-state index in [-0.39, 0.29) is 5.91 Å². The fourth-order valence-corrected chi connectivity index (χ4v) is 1.33. The molecular weight excluding hydrogens is 218 g/mol. The van der Waals surface area contributed by atoms with E-state index < -0.39 is 0 Å². The predicted octanol–water partition coefficient (Wildman–Crippen LogP) is 0.706. The largest absolute Gasteiger partial charge is 0.491 e. The van der Waals surface area contributed by atoms with Gasteiger partial charge < -0.3 is 15.4 Å². The minimum Gasteiger partial charge on any atom is -0.491 e. The summed E-state index contributed by atoms with van der Waals surface area (Å²) in [6.07, 6.45) is 2.04. The van der Waals surface area contributed by atoms with Gasteiger partial charge in [-0.05, 0) is 26.1 Å². The Hall–Kier alpha value is -1.62. The third kappa shape index (κ3) is 5.31. The zero-order chi connectivity index (χ0) is 12.5. The van der Waals surface area contributed by atoms with Gasteiger partial charge in [0, 0.05) is 13.1 Å². The molecule has 1 aromatic rings. The van der Waals surface area contributed by atoms with Crippen molar-refractivity contribution >= 4 is 5.91 Å². The molecule has 0 fully saturated rings. The molecule has 0 aliphatic carbocycles. The van der Waals surface area contributed by atoms with Crippen molar-refractivity contribution in [2.45, 2.75) is 19.9 Å². The van der Waals surface area contributed by atoms with Crippen molar-refractivity contribution in [1.29, 1.82) is 0 Å². The van der Waals surface area contributed by atoms with Crippen molar-refractivity contribution in [3.05, 3.63) is 24.0 Å². The molecule has 0 unspecified atom stereocenters. The number of pyridine rings is 1. The number of carbonyl (C=O) groups excluding carboxylic acids is 1. The van der Waals surface area contributed by atoms with Crippen LogP contribution >= 0.6 is 0 Å². The van der Waals surface area contributed by atoms with Crippen LogP contribution in [0.5, 0.6) is 5.75 Å². The van der Waals surface area contributed by atoms with E-state index in [9.17, 15) is 4.79 Å². The summed E-state index contributed by atoms with van der Waals surface area (Å²) in [4.78, 5) is 15.4. The van der Waals surface area contributed by atoms with E-state index in [1.165, 1.54) is 0 Å². The molecule has 0 saturated heterocycles. The molecule has 0 atom stereocenters. The van der Waals surface area contributed by atoms with Gasteiger partial charge in [-0.25, -0.2) is 0 Å². The molecule has 0 saturated carbocycles. The Morgan fingerprint density at radius 1 is 1.47 bits per heavy atom. The lowest BCUT2D eigenvalue weighted by molar-refractivity contribution is -0.121. The molecule has 2 N–H and O–H groups in total. The molecule has 5 nitrogen and oxygen atoms in total. The first-order valence-electron chi connectivity index (χ1n) is 5.75. The Balaban J connectivity index is 2.29. The number of nitrogens with zero attached hydrogens (tertiary/aromatic N) is 1. The van der Waals surface area contributed by atoms with Crippen molar-refractivity contribution < 1.29 is 9.53 Å². The molecule has 0 aromatic carbocycles. The van der Waals surface area contributed by atoms with E-state index in [4.69, 9.17) is 4.74 Å². The number of aromatic nitrogens is 1. The number of amides is 1. The van der Waals surface area contributed by atoms with Gasteiger partial charge in [-0.2, -0.15) is 0 Å². The summed E-state index contributed by atoms with van der Waals surface area (Å²) in [5.41, 5.74) is 0.962. The van der Waals surface area contributed by atoms with E-state index >= 15 is 0 Å². The Kier molecular flexibility index (Phi) is 6.03. The predicted molar refractivity (Wildman–Crippen MR) is 65.8 cm³/mol. The van der Waals surface area contributed by atoms with E-state index in [1.54, 1.807) is 6.20 Å². The highest BCUT2D eigenvalue weighted by atomic mass is 16.5. The van der Waals surface area contributed by atoms with Crippen molar-refractivity contribution in [3.8, 4) is 5.75 Å². The van der Waals surface area contributed by atoms with Crippen LogP contribution in [0.3, 0.4) is 0 Å². The number of hydrogen-bond donors (Lipinski definition) is 2. The summed E-state index contributed by atoms with van der Waals surface area (Å²) in [6, 6.07) is 3.76. The topological polar surface area (TPSA) is 63.2 Å². The molecule has 17 heavy (non-hydrogen) atoms. The van der Waals surface area contributed by atoms with Crippen LogP contribution in [0.25, 0.3) is 0 Å². The maximum absolute atomic E-state index is 11.2. The van der Waals surface area contributed by atoms with Crippen LogP contribution in [-0.2, 0) is 11.3 Å². The highest BCUT2D eigenvalue weighted by molar-refractivity contribution is 5.75. The lowest BCUT2D eigenvalue weighted by Gasteiger charge is -2.06. The Morgan fingerprint density at radius 2 is 2.29 bits per heavy atom. The van der Waals surface area contributed by atoms with E-state index in [0.717, 1.165) is 12.2 Å². The van der Waals surface area contributed by atoms with Crippen molar-refractivity contribution in [2.75, 3.05) is 20.2 Å². The van der Waals surface area contributed by atoms with Crippen LogP contribution in [0.4, 0.5) is 0 Å². The number of hydrogen-bond acceptors (Lipinski definition) is 4. The Labute approximate surface area is 102 Å². The van der Waals surface area contributed by atoms with E-state index in [0.29, 0.717) is 25.3 Å². The minimum atomic E-state index is 0.00672. The van der Waals surface area contributed by atoms with Crippen LogP contribution in [0.15, 0.2) is 18.3 Å². The Bertz CT molecular complexity index is 338. The maximum atomic E-state index is 11.2. The van der Waals surface area contributed by atoms with Gasteiger partial charge in [0.1, 0.15) is 5.75 Å². The summed E-state index contributed by atoms with van der Waals surface area (Å²) in [5, 5.41) is 5.73. The maximum Gasteiger partial charge on any atom is 0.223 e. The average Bonchev–Trinajstić information content (AvgIpc) is 2.32. The monoisotopic (exact) mass is 237 g/mol. The summed E-state index contributed by atoms with van der Waals surface area (Å²) in [5.74, 6) is 0.696. The zero-order valence-electron chi connectivity index (χ0n) is 10.3. The van der Waals surface area contributed by atoms with Crippen LogP contribution < -0.4 is 15.4 Å². The second-order valence-electron chi connectivity index (χ2n) is 3.57. The molecule has 1 aromatic heterocycles. The molecule has 0 radical (unpaired) electrons. The van der Waals surface area contributed by atoms with Gasteiger partial charge in [-0.15, -0.1) is 0 Å². The second-order valence-corrected chi connectivity index (χ2v) is 3.57. The molecule has 0 aliphatic rings. The first-order chi connectivity index (χ1) is 8.26. The van der Waals surface area contributed by atoms with Crippen LogP contribution in [0, 0.1) is 0 Å². The number of nitrogens with one attached hydrogen (secondary N) is 2. The van der Waals surface area contributed by atoms with Crippen molar-refractivity contribution in [3.63, 3.8) is 0 Å². The third-order valence-electron chi connectivity index (χ3n) is 2.13. The van der Waals surface area contributed by atoms with Gasteiger partial charge in [-0.3, -0.25) is 9.78 Å². The zero-order valence-corrected chi connectivity index (χ0v) is 10.3. The molecule has 1 heterocycles. The first-order valence-corrected chi connectivity index (χ1v) is 5.75. The molecule has 5 heteroatoms. The standard InChI is InChI=1S/C12H19N3O2/c1-3-14-12(16)6-7-17-11-5-4-10(8-13-2)15-9-11/h4-5,9,13H,3,6-8H2,1-2H3,(H,14,16). The van der Waals surface area contributed by atoms with E-state index in [2.05, 4.69) is 15.6 Å². The highest BCUT2D eigenvalue weighted by Crippen LogP contribution is 2.09. The summed E-state index contributed by atoms with van der Waals surface area (Å²) in [6.45, 7) is 3.65. The Morgan fingerprint density at radius 3 is 2.88 bits per heavy atom.